The average Bonchev–Trinajstić information content (AvgIpc) is 3.42. The zero-order valence-corrected chi connectivity index (χ0v) is 15.7. The predicted molar refractivity (Wildman–Crippen MR) is 101 cm³/mol. The molecule has 148 valence electrons. The van der Waals surface area contributed by atoms with Gasteiger partial charge in [-0.2, -0.15) is 5.26 Å². The van der Waals surface area contributed by atoms with Crippen molar-refractivity contribution in [3.63, 3.8) is 0 Å². The van der Waals surface area contributed by atoms with E-state index < -0.39 is 11.9 Å². The van der Waals surface area contributed by atoms with Crippen LogP contribution in [0.3, 0.4) is 0 Å². The Morgan fingerprint density at radius 2 is 2.10 bits per heavy atom. The summed E-state index contributed by atoms with van der Waals surface area (Å²) in [6, 6.07) is 6.56. The lowest BCUT2D eigenvalue weighted by molar-refractivity contribution is 0.0475. The average molecular weight is 394 g/mol. The minimum Gasteiger partial charge on any atom is -0.464 e. The van der Waals surface area contributed by atoms with Crippen LogP contribution >= 0.6 is 0 Å². The van der Waals surface area contributed by atoms with Crippen LogP contribution in [-0.4, -0.2) is 53.6 Å². The van der Waals surface area contributed by atoms with Gasteiger partial charge in [0.1, 0.15) is 6.07 Å². The number of methoxy groups -OCH3 is 1. The lowest BCUT2D eigenvalue weighted by Gasteiger charge is -2.17. The van der Waals surface area contributed by atoms with Crippen LogP contribution in [0.1, 0.15) is 49.6 Å². The lowest BCUT2D eigenvalue weighted by atomic mass is 10.1. The molecule has 9 heteroatoms. The molecule has 0 radical (unpaired) electrons. The molecular formula is C20H18N4O5. The van der Waals surface area contributed by atoms with Crippen molar-refractivity contribution in [2.45, 2.75) is 18.9 Å². The molecule has 4 rings (SSSR count). The molecule has 1 atom stereocenters. The molecule has 2 aromatic rings. The third kappa shape index (κ3) is 2.94. The Bertz CT molecular complexity index is 1080. The lowest BCUT2D eigenvalue weighted by Crippen LogP contribution is -2.36. The number of nitriles is 1. The molecule has 2 N–H and O–H groups in total. The Morgan fingerprint density at radius 3 is 2.76 bits per heavy atom. The Morgan fingerprint density at radius 1 is 1.34 bits per heavy atom. The number of imide groups is 1. The maximum atomic E-state index is 12.9. The monoisotopic (exact) mass is 394 g/mol. The van der Waals surface area contributed by atoms with Crippen LogP contribution in [-0.2, 0) is 9.47 Å². The number of esters is 1. The summed E-state index contributed by atoms with van der Waals surface area (Å²) < 4.78 is 11.7. The molecule has 9 nitrogen and oxygen atoms in total. The Balaban J connectivity index is 1.73. The summed E-state index contributed by atoms with van der Waals surface area (Å²) in [5.41, 5.74) is 6.93. The Hall–Kier alpha value is -3.64. The number of anilines is 1. The highest BCUT2D eigenvalue weighted by molar-refractivity contribution is 6.21. The van der Waals surface area contributed by atoms with E-state index in [1.807, 2.05) is 6.07 Å². The van der Waals surface area contributed by atoms with E-state index in [2.05, 4.69) is 0 Å². The first-order valence-electron chi connectivity index (χ1n) is 9.07. The molecule has 29 heavy (non-hydrogen) atoms. The molecule has 0 bridgehead atoms. The van der Waals surface area contributed by atoms with E-state index in [0.717, 1.165) is 12.8 Å². The van der Waals surface area contributed by atoms with Gasteiger partial charge in [0, 0.05) is 18.5 Å². The zero-order chi connectivity index (χ0) is 20.7. The van der Waals surface area contributed by atoms with Gasteiger partial charge < -0.3 is 19.8 Å². The smallest absolute Gasteiger partial charge is 0.357 e. The highest BCUT2D eigenvalue weighted by atomic mass is 16.5. The van der Waals surface area contributed by atoms with Gasteiger partial charge in [0.25, 0.3) is 11.8 Å². The van der Waals surface area contributed by atoms with Gasteiger partial charge in [0.2, 0.25) is 0 Å². The quantitative estimate of drug-likeness (QED) is 0.615. The van der Waals surface area contributed by atoms with Gasteiger partial charge in [-0.3, -0.25) is 14.5 Å². The normalized spacial score (nSPS) is 18.1. The van der Waals surface area contributed by atoms with Crippen LogP contribution < -0.4 is 5.73 Å². The number of hydrogen-bond donors (Lipinski definition) is 1. The SMILES string of the molecule is COC(=O)c1c(N)c(C#N)cn1-c1ccc2c(c1)C(=O)N(CC1CCCO1)C2=O. The first-order valence-corrected chi connectivity index (χ1v) is 9.07. The van der Waals surface area contributed by atoms with Gasteiger partial charge in [0.05, 0.1) is 42.1 Å². The fraction of sp³-hybridized carbons (Fsp3) is 0.300. The predicted octanol–water partition coefficient (Wildman–Crippen LogP) is 1.49. The van der Waals surface area contributed by atoms with E-state index in [-0.39, 0.29) is 46.6 Å². The minimum atomic E-state index is -0.716. The highest BCUT2D eigenvalue weighted by Crippen LogP contribution is 2.30. The van der Waals surface area contributed by atoms with Crippen molar-refractivity contribution in [2.24, 2.45) is 0 Å². The number of ether oxygens (including phenoxy) is 2. The molecule has 1 unspecified atom stereocenters. The third-order valence-electron chi connectivity index (χ3n) is 5.19. The minimum absolute atomic E-state index is 0.0118. The van der Waals surface area contributed by atoms with Crippen molar-refractivity contribution in [1.82, 2.24) is 9.47 Å². The van der Waals surface area contributed by atoms with E-state index in [0.29, 0.717) is 12.3 Å². The van der Waals surface area contributed by atoms with Gasteiger partial charge in [-0.1, -0.05) is 0 Å². The topological polar surface area (TPSA) is 128 Å². The largest absolute Gasteiger partial charge is 0.464 e. The molecule has 0 spiro atoms. The maximum absolute atomic E-state index is 12.9. The van der Waals surface area contributed by atoms with Gasteiger partial charge >= 0.3 is 5.97 Å². The summed E-state index contributed by atoms with van der Waals surface area (Å²) in [6.07, 6.45) is 2.96. The van der Waals surface area contributed by atoms with Crippen LogP contribution in [0.5, 0.6) is 0 Å². The maximum Gasteiger partial charge on any atom is 0.357 e. The van der Waals surface area contributed by atoms with E-state index in [1.54, 1.807) is 6.07 Å². The van der Waals surface area contributed by atoms with Crippen LogP contribution in [0.25, 0.3) is 5.69 Å². The molecule has 1 aromatic heterocycles. The van der Waals surface area contributed by atoms with E-state index in [1.165, 1.54) is 34.9 Å². The van der Waals surface area contributed by atoms with Crippen molar-refractivity contribution < 1.29 is 23.9 Å². The van der Waals surface area contributed by atoms with Gasteiger partial charge in [-0.05, 0) is 31.0 Å². The summed E-state index contributed by atoms with van der Waals surface area (Å²) in [7, 11) is 1.21. The number of carbonyl (C=O) groups excluding carboxylic acids is 3. The van der Waals surface area contributed by atoms with Crippen LogP contribution in [0, 0.1) is 11.3 Å². The zero-order valence-electron chi connectivity index (χ0n) is 15.7. The third-order valence-corrected chi connectivity index (χ3v) is 5.19. The molecule has 1 fully saturated rings. The number of carbonyl (C=O) groups is 3. The van der Waals surface area contributed by atoms with E-state index in [9.17, 15) is 19.6 Å². The van der Waals surface area contributed by atoms with E-state index >= 15 is 0 Å². The van der Waals surface area contributed by atoms with Crippen molar-refractivity contribution in [2.75, 3.05) is 26.0 Å². The molecule has 0 aliphatic carbocycles. The molecule has 2 aliphatic rings. The van der Waals surface area contributed by atoms with Crippen LogP contribution in [0.2, 0.25) is 0 Å². The van der Waals surface area contributed by atoms with Crippen LogP contribution in [0.15, 0.2) is 24.4 Å². The fourth-order valence-corrected chi connectivity index (χ4v) is 3.70. The Labute approximate surface area is 166 Å². The molecule has 1 saturated heterocycles. The second-order valence-electron chi connectivity index (χ2n) is 6.86. The van der Waals surface area contributed by atoms with Crippen molar-refractivity contribution >= 4 is 23.5 Å². The summed E-state index contributed by atoms with van der Waals surface area (Å²) >= 11 is 0. The number of nitrogens with zero attached hydrogens (tertiary/aromatic N) is 3. The number of nitrogen functional groups attached to an aromatic ring is 1. The summed E-state index contributed by atoms with van der Waals surface area (Å²) in [5, 5.41) is 9.25. The van der Waals surface area contributed by atoms with Gasteiger partial charge in [-0.25, -0.2) is 4.79 Å². The summed E-state index contributed by atoms with van der Waals surface area (Å²) in [5.74, 6) is -1.50. The fourth-order valence-electron chi connectivity index (χ4n) is 3.70. The van der Waals surface area contributed by atoms with E-state index in [4.69, 9.17) is 15.2 Å². The van der Waals surface area contributed by atoms with Gasteiger partial charge in [0.15, 0.2) is 5.69 Å². The second kappa shape index (κ2) is 7.07. The first kappa shape index (κ1) is 18.7. The number of amides is 2. The number of nitrogens with two attached hydrogens (primary N) is 1. The number of rotatable bonds is 4. The molecule has 3 heterocycles. The highest BCUT2D eigenvalue weighted by Gasteiger charge is 2.38. The molecule has 1 aromatic carbocycles. The van der Waals surface area contributed by atoms with Crippen molar-refractivity contribution in [3.05, 3.63) is 46.8 Å². The number of aromatic nitrogens is 1. The second-order valence-corrected chi connectivity index (χ2v) is 6.86. The molecular weight excluding hydrogens is 376 g/mol. The molecule has 2 aliphatic heterocycles. The standard InChI is InChI=1S/C20H18N4O5/c1-28-20(27)17-16(22)11(8-21)9-23(17)12-4-5-14-15(7-12)19(26)24(18(14)25)10-13-3-2-6-29-13/h4-5,7,9,13H,2-3,6,10,22H2,1H3. The molecule has 2 amide bonds. The van der Waals surface area contributed by atoms with Crippen LogP contribution in [0.4, 0.5) is 5.69 Å². The van der Waals surface area contributed by atoms with Crippen molar-refractivity contribution in [3.8, 4) is 11.8 Å². The molecule has 0 saturated carbocycles. The summed E-state index contributed by atoms with van der Waals surface area (Å²) in [6.45, 7) is 0.842. The number of hydrogen-bond acceptors (Lipinski definition) is 7. The number of fused-ring (bicyclic) bond motifs is 1. The van der Waals surface area contributed by atoms with Crippen molar-refractivity contribution in [1.29, 1.82) is 5.26 Å². The number of benzene rings is 1. The van der Waals surface area contributed by atoms with Gasteiger partial charge in [-0.15, -0.1) is 0 Å². The Kier molecular flexibility index (Phi) is 4.56. The summed E-state index contributed by atoms with van der Waals surface area (Å²) in [4.78, 5) is 38.9. The first-order chi connectivity index (χ1) is 14.0.